The Morgan fingerprint density at radius 3 is 2.25 bits per heavy atom. The molecule has 0 heterocycles. The minimum absolute atomic E-state index is 0.107. The number of hydrogen-bond acceptors (Lipinski definition) is 3. The van der Waals surface area contributed by atoms with Crippen molar-refractivity contribution < 1.29 is 14.3 Å². The lowest BCUT2D eigenvalue weighted by Crippen LogP contribution is -2.38. The summed E-state index contributed by atoms with van der Waals surface area (Å²) < 4.78 is 2.28. The zero-order chi connectivity index (χ0) is 9.78. The van der Waals surface area contributed by atoms with Gasteiger partial charge in [-0.3, -0.25) is 4.79 Å². The van der Waals surface area contributed by atoms with Gasteiger partial charge in [0.2, 0.25) is 0 Å². The van der Waals surface area contributed by atoms with E-state index in [2.05, 4.69) is 4.74 Å². The second-order valence-electron chi connectivity index (χ2n) is 1.85. The zero-order valence-electron chi connectivity index (χ0n) is 6.27. The molecule has 0 aromatic rings. The highest BCUT2D eigenvalue weighted by Gasteiger charge is 2.42. The molecule has 0 aliphatic carbocycles. The van der Waals surface area contributed by atoms with Crippen LogP contribution in [0.5, 0.6) is 0 Å². The highest BCUT2D eigenvalue weighted by molar-refractivity contribution is 6.68. The van der Waals surface area contributed by atoms with Crippen LogP contribution in [0.15, 0.2) is 0 Å². The van der Waals surface area contributed by atoms with Crippen molar-refractivity contribution in [2.75, 3.05) is 12.5 Å². The fraction of sp³-hybridized carbons (Fsp3) is 0.667. The van der Waals surface area contributed by atoms with Gasteiger partial charge < -0.3 is 4.74 Å². The third-order valence-electron chi connectivity index (χ3n) is 1.00. The molecule has 0 aromatic heterocycles. The topological polar surface area (TPSA) is 43.4 Å². The van der Waals surface area contributed by atoms with Crippen molar-refractivity contribution in [3.63, 3.8) is 0 Å². The Morgan fingerprint density at radius 1 is 1.42 bits per heavy atom. The Balaban J connectivity index is 4.38. The molecule has 0 saturated heterocycles. The fourth-order valence-electron chi connectivity index (χ4n) is 0.419. The predicted molar refractivity (Wildman–Crippen MR) is 46.8 cm³/mol. The van der Waals surface area contributed by atoms with Crippen LogP contribution in [-0.2, 0) is 14.3 Å². The van der Waals surface area contributed by atoms with E-state index in [9.17, 15) is 9.59 Å². The van der Waals surface area contributed by atoms with E-state index in [1.165, 1.54) is 0 Å². The molecular weight excluding hydrogens is 226 g/mol. The van der Waals surface area contributed by atoms with Crippen molar-refractivity contribution >= 4 is 46.6 Å². The molecule has 0 bridgehead atoms. The summed E-state index contributed by atoms with van der Waals surface area (Å²) in [4.78, 5) is 21.8. The second-order valence-corrected chi connectivity index (χ2v) is 3.45. The fourth-order valence-corrected chi connectivity index (χ4v) is 0.999. The molecule has 0 aliphatic heterocycles. The number of ether oxygens (including phenoxy) is 1. The summed E-state index contributed by atoms with van der Waals surface area (Å²) in [6, 6.07) is 0. The van der Waals surface area contributed by atoms with Gasteiger partial charge in [0.1, 0.15) is 0 Å². The van der Waals surface area contributed by atoms with Crippen LogP contribution in [0, 0.1) is 0 Å². The second kappa shape index (κ2) is 4.90. The van der Waals surface area contributed by atoms with Gasteiger partial charge in [0.25, 0.3) is 4.33 Å². The standard InChI is InChI=1S/C6H7Cl3O3/c1-2-12-5(11)6(8,9)4(10)3-7/h2-3H2,1H3. The maximum atomic E-state index is 10.9. The molecule has 70 valence electrons. The number of halogens is 3. The minimum Gasteiger partial charge on any atom is -0.463 e. The molecule has 0 radical (unpaired) electrons. The highest BCUT2D eigenvalue weighted by Crippen LogP contribution is 2.24. The molecular formula is C6H7Cl3O3. The summed E-state index contributed by atoms with van der Waals surface area (Å²) in [6.45, 7) is 1.68. The van der Waals surface area contributed by atoms with Crippen molar-refractivity contribution in [3.8, 4) is 0 Å². The molecule has 0 aliphatic rings. The molecule has 0 rings (SSSR count). The van der Waals surface area contributed by atoms with Crippen LogP contribution in [0.3, 0.4) is 0 Å². The lowest BCUT2D eigenvalue weighted by Gasteiger charge is -2.14. The molecule has 0 unspecified atom stereocenters. The largest absolute Gasteiger partial charge is 0.463 e. The Hall–Kier alpha value is 0.01000. The Kier molecular flexibility index (Phi) is 4.90. The smallest absolute Gasteiger partial charge is 0.350 e. The van der Waals surface area contributed by atoms with Gasteiger partial charge in [0, 0.05) is 0 Å². The predicted octanol–water partition coefficient (Wildman–Crippen LogP) is 1.53. The van der Waals surface area contributed by atoms with Crippen LogP contribution in [0.2, 0.25) is 0 Å². The van der Waals surface area contributed by atoms with Gasteiger partial charge in [-0.15, -0.1) is 11.6 Å². The van der Waals surface area contributed by atoms with E-state index in [1.807, 2.05) is 0 Å². The van der Waals surface area contributed by atoms with Crippen LogP contribution in [0.25, 0.3) is 0 Å². The maximum Gasteiger partial charge on any atom is 0.350 e. The zero-order valence-corrected chi connectivity index (χ0v) is 8.54. The summed E-state index contributed by atoms with van der Waals surface area (Å²) in [6.07, 6.45) is 0. The van der Waals surface area contributed by atoms with E-state index >= 15 is 0 Å². The SMILES string of the molecule is CCOC(=O)C(Cl)(Cl)C(=O)CCl. The first-order valence-electron chi connectivity index (χ1n) is 3.11. The van der Waals surface area contributed by atoms with Crippen molar-refractivity contribution in [2.45, 2.75) is 11.3 Å². The number of esters is 1. The van der Waals surface area contributed by atoms with E-state index in [4.69, 9.17) is 34.8 Å². The van der Waals surface area contributed by atoms with E-state index in [1.54, 1.807) is 6.92 Å². The van der Waals surface area contributed by atoms with E-state index in [0.29, 0.717) is 0 Å². The normalized spacial score (nSPS) is 11.0. The minimum atomic E-state index is -2.17. The highest BCUT2D eigenvalue weighted by atomic mass is 35.5. The molecule has 0 spiro atoms. The number of ketones is 1. The molecule has 0 aromatic carbocycles. The van der Waals surface area contributed by atoms with Crippen LogP contribution in [0.4, 0.5) is 0 Å². The van der Waals surface area contributed by atoms with Gasteiger partial charge in [-0.05, 0) is 6.92 Å². The lowest BCUT2D eigenvalue weighted by atomic mass is 10.3. The van der Waals surface area contributed by atoms with Crippen molar-refractivity contribution in [1.82, 2.24) is 0 Å². The number of rotatable bonds is 4. The molecule has 0 saturated carbocycles. The number of hydrogen-bond donors (Lipinski definition) is 0. The van der Waals surface area contributed by atoms with Gasteiger partial charge in [-0.25, -0.2) is 4.79 Å². The number of carbonyl (C=O) groups excluding carboxylic acids is 2. The average Bonchev–Trinajstić information content (AvgIpc) is 2.03. The van der Waals surface area contributed by atoms with Gasteiger partial charge in [0.15, 0.2) is 5.78 Å². The molecule has 3 nitrogen and oxygen atoms in total. The summed E-state index contributed by atoms with van der Waals surface area (Å²) in [5, 5.41) is 0. The van der Waals surface area contributed by atoms with Crippen LogP contribution in [-0.4, -0.2) is 28.6 Å². The van der Waals surface area contributed by atoms with E-state index in [-0.39, 0.29) is 6.61 Å². The molecule has 0 fully saturated rings. The Morgan fingerprint density at radius 2 is 1.92 bits per heavy atom. The lowest BCUT2D eigenvalue weighted by molar-refractivity contribution is -0.146. The first kappa shape index (κ1) is 12.0. The third kappa shape index (κ3) is 2.81. The molecule has 0 amide bonds. The molecule has 0 N–H and O–H groups in total. The Bertz CT molecular complexity index is 190. The summed E-state index contributed by atoms with van der Waals surface area (Å²) in [5.41, 5.74) is 0. The van der Waals surface area contributed by atoms with Gasteiger partial charge in [-0.1, -0.05) is 23.2 Å². The molecule has 6 heteroatoms. The number of alkyl halides is 3. The van der Waals surface area contributed by atoms with Gasteiger partial charge in [-0.2, -0.15) is 0 Å². The van der Waals surface area contributed by atoms with Crippen molar-refractivity contribution in [3.05, 3.63) is 0 Å². The quantitative estimate of drug-likeness (QED) is 0.420. The van der Waals surface area contributed by atoms with Crippen LogP contribution < -0.4 is 0 Å². The van der Waals surface area contributed by atoms with Gasteiger partial charge in [0.05, 0.1) is 12.5 Å². The summed E-state index contributed by atoms with van der Waals surface area (Å²) in [5.74, 6) is -2.20. The Labute approximate surface area is 84.9 Å². The van der Waals surface area contributed by atoms with Crippen molar-refractivity contribution in [2.24, 2.45) is 0 Å². The first-order valence-corrected chi connectivity index (χ1v) is 4.40. The maximum absolute atomic E-state index is 10.9. The monoisotopic (exact) mass is 232 g/mol. The van der Waals surface area contributed by atoms with Gasteiger partial charge >= 0.3 is 5.97 Å². The van der Waals surface area contributed by atoms with Crippen LogP contribution >= 0.6 is 34.8 Å². The average molecular weight is 233 g/mol. The summed E-state index contributed by atoms with van der Waals surface area (Å²) >= 11 is 15.9. The van der Waals surface area contributed by atoms with Crippen molar-refractivity contribution in [1.29, 1.82) is 0 Å². The summed E-state index contributed by atoms with van der Waals surface area (Å²) in [7, 11) is 0. The van der Waals surface area contributed by atoms with Crippen LogP contribution in [0.1, 0.15) is 6.92 Å². The first-order chi connectivity index (χ1) is 5.46. The number of Topliss-reactive ketones (excluding diaryl/α,β-unsaturated/α-hetero) is 1. The van der Waals surface area contributed by atoms with E-state index < -0.39 is 22.0 Å². The van der Waals surface area contributed by atoms with E-state index in [0.717, 1.165) is 0 Å². The number of carbonyl (C=O) groups is 2. The molecule has 12 heavy (non-hydrogen) atoms. The molecule has 0 atom stereocenters. The third-order valence-corrected chi connectivity index (χ3v) is 1.98.